The molecule has 0 spiro atoms. The molecule has 0 radical (unpaired) electrons. The fourth-order valence-corrected chi connectivity index (χ4v) is 1.76. The molecule has 1 aromatic heterocycles. The molecule has 0 aromatic carbocycles. The molecule has 10 nitrogen and oxygen atoms in total. The van der Waals surface area contributed by atoms with Crippen LogP contribution in [0.15, 0.2) is 6.20 Å². The first kappa shape index (κ1) is 13.0. The van der Waals surface area contributed by atoms with Gasteiger partial charge in [0.2, 0.25) is 17.7 Å². The lowest BCUT2D eigenvalue weighted by molar-refractivity contribution is -0.384. The van der Waals surface area contributed by atoms with Crippen LogP contribution in [-0.4, -0.2) is 33.4 Å². The second kappa shape index (κ2) is 5.44. The fourth-order valence-electron chi connectivity index (χ4n) is 1.76. The smallest absolute Gasteiger partial charge is 0.329 e. The first-order valence-corrected chi connectivity index (χ1v) is 5.61. The highest BCUT2D eigenvalue weighted by Crippen LogP contribution is 2.22. The van der Waals surface area contributed by atoms with Gasteiger partial charge in [-0.05, 0) is 6.42 Å². The third-order valence-electron chi connectivity index (χ3n) is 2.70. The van der Waals surface area contributed by atoms with E-state index in [2.05, 4.69) is 26.0 Å². The summed E-state index contributed by atoms with van der Waals surface area (Å²) in [4.78, 5) is 28.8. The monoisotopic (exact) mass is 267 g/mol. The Morgan fingerprint density at radius 3 is 3.00 bits per heavy atom. The summed E-state index contributed by atoms with van der Waals surface area (Å²) in [6, 6.07) is -0.0589. The maximum absolute atomic E-state index is 11.0. The van der Waals surface area contributed by atoms with Crippen LogP contribution in [0.5, 0.6) is 0 Å². The number of nitrogens with one attached hydrogen (secondary N) is 3. The Balaban J connectivity index is 2.08. The molecule has 5 N–H and O–H groups in total. The quantitative estimate of drug-likeness (QED) is 0.313. The SMILES string of the molecule is NNc1ncc([N+](=O)[O-])c(NCC2CCC(=O)N2)n1. The van der Waals surface area contributed by atoms with Crippen LogP contribution in [0.2, 0.25) is 0 Å². The maximum atomic E-state index is 11.0. The molecule has 0 saturated carbocycles. The number of aromatic nitrogens is 2. The Hall–Kier alpha value is -2.49. The van der Waals surface area contributed by atoms with Crippen LogP contribution in [0.25, 0.3) is 0 Å². The fraction of sp³-hybridized carbons (Fsp3) is 0.444. The van der Waals surface area contributed by atoms with Crippen LogP contribution in [0, 0.1) is 10.1 Å². The lowest BCUT2D eigenvalue weighted by Gasteiger charge is -2.12. The van der Waals surface area contributed by atoms with E-state index in [0.717, 1.165) is 6.20 Å². The van der Waals surface area contributed by atoms with Crippen molar-refractivity contribution in [1.82, 2.24) is 15.3 Å². The molecule has 1 saturated heterocycles. The summed E-state index contributed by atoms with van der Waals surface area (Å²) in [5, 5.41) is 16.4. The molecular formula is C9H13N7O3. The summed E-state index contributed by atoms with van der Waals surface area (Å²) < 4.78 is 0. The van der Waals surface area contributed by atoms with Crippen LogP contribution in [0.4, 0.5) is 17.5 Å². The summed E-state index contributed by atoms with van der Waals surface area (Å²) in [5.74, 6) is 5.27. The van der Waals surface area contributed by atoms with Gasteiger partial charge in [-0.25, -0.2) is 10.8 Å². The topological polar surface area (TPSA) is 148 Å². The van der Waals surface area contributed by atoms with E-state index in [1.54, 1.807) is 0 Å². The van der Waals surface area contributed by atoms with Crippen LogP contribution in [-0.2, 0) is 4.79 Å². The average Bonchev–Trinajstić information content (AvgIpc) is 2.81. The number of nitrogens with two attached hydrogens (primary N) is 1. The molecule has 10 heteroatoms. The molecule has 102 valence electrons. The maximum Gasteiger partial charge on any atom is 0.329 e. The van der Waals surface area contributed by atoms with Gasteiger partial charge < -0.3 is 10.6 Å². The van der Waals surface area contributed by atoms with Crippen molar-refractivity contribution in [3.8, 4) is 0 Å². The Kier molecular flexibility index (Phi) is 3.71. The Morgan fingerprint density at radius 1 is 1.63 bits per heavy atom. The van der Waals surface area contributed by atoms with Gasteiger partial charge in [-0.1, -0.05) is 0 Å². The normalized spacial score (nSPS) is 17.9. The largest absolute Gasteiger partial charge is 0.362 e. The van der Waals surface area contributed by atoms with Gasteiger partial charge in [0.25, 0.3) is 0 Å². The zero-order chi connectivity index (χ0) is 13.8. The minimum absolute atomic E-state index is 0.0201. The molecule has 1 aliphatic heterocycles. The number of anilines is 2. The van der Waals surface area contributed by atoms with Crippen molar-refractivity contribution in [1.29, 1.82) is 0 Å². The number of nitrogen functional groups attached to an aromatic ring is 1. The number of rotatable bonds is 5. The number of amides is 1. The third-order valence-corrected chi connectivity index (χ3v) is 2.70. The molecule has 19 heavy (non-hydrogen) atoms. The summed E-state index contributed by atoms with van der Waals surface area (Å²) in [7, 11) is 0. The molecule has 1 atom stereocenters. The molecule has 2 rings (SSSR count). The average molecular weight is 267 g/mol. The van der Waals surface area contributed by atoms with Gasteiger partial charge in [-0.15, -0.1) is 0 Å². The summed E-state index contributed by atoms with van der Waals surface area (Å²) in [6.45, 7) is 0.355. The van der Waals surface area contributed by atoms with E-state index in [4.69, 9.17) is 5.84 Å². The van der Waals surface area contributed by atoms with E-state index in [0.29, 0.717) is 19.4 Å². The van der Waals surface area contributed by atoms with Gasteiger partial charge in [-0.2, -0.15) is 4.98 Å². The highest BCUT2D eigenvalue weighted by Gasteiger charge is 2.23. The van der Waals surface area contributed by atoms with Crippen molar-refractivity contribution in [2.24, 2.45) is 5.84 Å². The molecule has 1 unspecified atom stereocenters. The van der Waals surface area contributed by atoms with E-state index < -0.39 is 4.92 Å². The van der Waals surface area contributed by atoms with E-state index >= 15 is 0 Å². The minimum Gasteiger partial charge on any atom is -0.362 e. The first-order chi connectivity index (χ1) is 9.10. The Labute approximate surface area is 107 Å². The van der Waals surface area contributed by atoms with Crippen molar-refractivity contribution in [2.75, 3.05) is 17.3 Å². The highest BCUT2D eigenvalue weighted by molar-refractivity contribution is 5.78. The number of hydrogen-bond acceptors (Lipinski definition) is 8. The van der Waals surface area contributed by atoms with E-state index in [1.165, 1.54) is 0 Å². The van der Waals surface area contributed by atoms with Crippen LogP contribution in [0.3, 0.4) is 0 Å². The number of nitrogens with zero attached hydrogens (tertiary/aromatic N) is 3. The number of carbonyl (C=O) groups excluding carboxylic acids is 1. The predicted molar refractivity (Wildman–Crippen MR) is 66.2 cm³/mol. The van der Waals surface area contributed by atoms with Crippen LogP contribution >= 0.6 is 0 Å². The third kappa shape index (κ3) is 3.04. The van der Waals surface area contributed by atoms with Gasteiger partial charge in [0.05, 0.1) is 4.92 Å². The van der Waals surface area contributed by atoms with E-state index in [-0.39, 0.29) is 29.4 Å². The zero-order valence-electron chi connectivity index (χ0n) is 9.92. The molecule has 0 aliphatic carbocycles. The molecule has 0 bridgehead atoms. The van der Waals surface area contributed by atoms with Gasteiger partial charge in [0, 0.05) is 19.0 Å². The van der Waals surface area contributed by atoms with Crippen molar-refractivity contribution in [3.63, 3.8) is 0 Å². The minimum atomic E-state index is -0.587. The molecule has 2 heterocycles. The first-order valence-electron chi connectivity index (χ1n) is 5.61. The number of hydrogen-bond donors (Lipinski definition) is 4. The van der Waals surface area contributed by atoms with Crippen molar-refractivity contribution < 1.29 is 9.72 Å². The summed E-state index contributed by atoms with van der Waals surface area (Å²) in [6.07, 6.45) is 2.22. The number of nitro groups is 1. The Morgan fingerprint density at radius 2 is 2.42 bits per heavy atom. The van der Waals surface area contributed by atoms with E-state index in [9.17, 15) is 14.9 Å². The second-order valence-electron chi connectivity index (χ2n) is 4.01. The molecule has 1 fully saturated rings. The van der Waals surface area contributed by atoms with Gasteiger partial charge in [0.1, 0.15) is 6.20 Å². The van der Waals surface area contributed by atoms with Crippen molar-refractivity contribution in [3.05, 3.63) is 16.3 Å². The highest BCUT2D eigenvalue weighted by atomic mass is 16.6. The van der Waals surface area contributed by atoms with Crippen molar-refractivity contribution >= 4 is 23.4 Å². The standard InChI is InChI=1S/C9H13N7O3/c10-15-9-12-4-6(16(18)19)8(14-9)11-3-5-1-2-7(17)13-5/h4-5H,1-3,10H2,(H,13,17)(H2,11,12,14,15). The molecule has 1 amide bonds. The second-order valence-corrected chi connectivity index (χ2v) is 4.01. The molecular weight excluding hydrogens is 254 g/mol. The Bertz CT molecular complexity index is 507. The van der Waals surface area contributed by atoms with Gasteiger partial charge in [0.15, 0.2) is 0 Å². The predicted octanol–water partition coefficient (Wildman–Crippen LogP) is -0.639. The lowest BCUT2D eigenvalue weighted by Crippen LogP contribution is -2.32. The van der Waals surface area contributed by atoms with E-state index in [1.807, 2.05) is 0 Å². The summed E-state index contributed by atoms with van der Waals surface area (Å²) in [5.41, 5.74) is 1.97. The molecule has 1 aliphatic rings. The van der Waals surface area contributed by atoms with Crippen molar-refractivity contribution in [2.45, 2.75) is 18.9 Å². The summed E-state index contributed by atoms with van der Waals surface area (Å²) >= 11 is 0. The van der Waals surface area contributed by atoms with Gasteiger partial charge >= 0.3 is 5.69 Å². The molecule has 1 aromatic rings. The van der Waals surface area contributed by atoms with Crippen LogP contribution < -0.4 is 21.9 Å². The zero-order valence-corrected chi connectivity index (χ0v) is 9.92. The van der Waals surface area contributed by atoms with Gasteiger partial charge in [-0.3, -0.25) is 20.3 Å². The number of hydrazine groups is 1. The van der Waals surface area contributed by atoms with Crippen LogP contribution in [0.1, 0.15) is 12.8 Å². The number of carbonyl (C=O) groups is 1. The lowest BCUT2D eigenvalue weighted by atomic mass is 10.2.